The number of Topliss-reactive ketones (excluding diaryl/α,β-unsaturated/α-hetero) is 1. The zero-order valence-corrected chi connectivity index (χ0v) is 33.9. The quantitative estimate of drug-likeness (QED) is 0.226. The second-order valence-corrected chi connectivity index (χ2v) is 19.1. The van der Waals surface area contributed by atoms with Crippen LogP contribution >= 0.6 is 0 Å². The maximum atomic E-state index is 14.8. The normalized spacial score (nSPS) is 28.5. The molecule has 14 nitrogen and oxygen atoms in total. The molecule has 0 radical (unpaired) electrons. The number of benzene rings is 1. The van der Waals surface area contributed by atoms with E-state index in [1.165, 1.54) is 26.8 Å². The molecule has 0 aromatic heterocycles. The van der Waals surface area contributed by atoms with Crippen LogP contribution in [-0.4, -0.2) is 101 Å². The topological polar surface area (TPSA) is 177 Å². The van der Waals surface area contributed by atoms with Gasteiger partial charge in [-0.1, -0.05) is 30.9 Å². The maximum absolute atomic E-state index is 14.8. The van der Waals surface area contributed by atoms with E-state index in [1.807, 2.05) is 12.2 Å². The molecule has 3 heterocycles. The Morgan fingerprint density at radius 3 is 2.51 bits per heavy atom. The molecule has 3 aliphatic heterocycles. The van der Waals surface area contributed by atoms with Crippen LogP contribution in [0.1, 0.15) is 96.1 Å². The second-order valence-electron chi connectivity index (χ2n) is 17.2. The molecule has 16 heteroatoms. The van der Waals surface area contributed by atoms with Crippen molar-refractivity contribution < 1.29 is 51.0 Å². The number of ether oxygens (including phenoxy) is 2. The number of ketones is 1. The molecule has 1 aromatic rings. The van der Waals surface area contributed by atoms with Gasteiger partial charge in [0, 0.05) is 38.0 Å². The van der Waals surface area contributed by atoms with Gasteiger partial charge in [0.1, 0.15) is 17.5 Å². The van der Waals surface area contributed by atoms with Crippen molar-refractivity contribution in [1.82, 2.24) is 19.4 Å². The lowest BCUT2D eigenvalue weighted by Crippen LogP contribution is -2.48. The van der Waals surface area contributed by atoms with E-state index in [1.54, 1.807) is 40.0 Å². The van der Waals surface area contributed by atoms with Crippen molar-refractivity contribution >= 4 is 45.6 Å². The number of esters is 1. The van der Waals surface area contributed by atoms with Crippen molar-refractivity contribution in [3.05, 3.63) is 60.0 Å². The first-order chi connectivity index (χ1) is 26.8. The lowest BCUT2D eigenvalue weighted by atomic mass is 9.89. The highest BCUT2D eigenvalue weighted by molar-refractivity contribution is 7.90. The van der Waals surface area contributed by atoms with Crippen LogP contribution in [0, 0.1) is 23.1 Å². The highest BCUT2D eigenvalue weighted by Gasteiger charge is 2.61. The first-order valence-corrected chi connectivity index (χ1v) is 21.3. The van der Waals surface area contributed by atoms with E-state index < -0.39 is 91.8 Å². The van der Waals surface area contributed by atoms with Crippen molar-refractivity contribution in [3.63, 3.8) is 0 Å². The molecule has 2 aliphatic carbocycles. The van der Waals surface area contributed by atoms with E-state index in [0.29, 0.717) is 43.2 Å². The molecule has 0 spiro atoms. The summed E-state index contributed by atoms with van der Waals surface area (Å²) in [6.45, 7) is 8.57. The second kappa shape index (κ2) is 16.3. The molecule has 4 amide bonds. The summed E-state index contributed by atoms with van der Waals surface area (Å²) in [5.41, 5.74) is -1.23. The fraction of sp³-hybridized carbons (Fsp3) is 0.610. The maximum Gasteiger partial charge on any atom is 0.410 e. The number of nitrogens with one attached hydrogen (secondary N) is 1. The highest BCUT2D eigenvalue weighted by Crippen LogP contribution is 2.57. The van der Waals surface area contributed by atoms with Gasteiger partial charge in [-0.15, -0.1) is 0 Å². The summed E-state index contributed by atoms with van der Waals surface area (Å²) in [5, 5.41) is -0.664. The van der Waals surface area contributed by atoms with E-state index >= 15 is 0 Å². The van der Waals surface area contributed by atoms with Crippen molar-refractivity contribution in [2.24, 2.45) is 17.3 Å². The van der Waals surface area contributed by atoms with E-state index in [-0.39, 0.29) is 57.6 Å². The Balaban J connectivity index is 1.32. The van der Waals surface area contributed by atoms with Crippen LogP contribution in [0.5, 0.6) is 0 Å². The van der Waals surface area contributed by atoms with Crippen LogP contribution < -0.4 is 4.72 Å². The third-order valence-electron chi connectivity index (χ3n) is 11.7. The van der Waals surface area contributed by atoms with Crippen LogP contribution in [0.4, 0.5) is 9.18 Å². The Labute approximate surface area is 333 Å². The standard InChI is InChI=1S/C41H53FN4O10S/c1-6-35(48)44(5)28-13-9-7-8-12-27-20-41(27,38(51)43-57(53,54)30-15-16-30)21-34(47)33-19-29(55-39(52)45-22-25-11-10-14-32(42)31(25)24-45)23-46(33)37(50)26(17-28)18-36(49)56-40(2,3)4/h6,8,10-12,14,26-30,33H,1,7,9,13,15-24H2,2-5H3,(H,43,51)/b12-8-/t26-,27?,28?,29?,33+,41-/m1/s1. The van der Waals surface area contributed by atoms with E-state index in [4.69, 9.17) is 9.47 Å². The predicted octanol–water partition coefficient (Wildman–Crippen LogP) is 4.31. The summed E-state index contributed by atoms with van der Waals surface area (Å²) in [4.78, 5) is 87.1. The van der Waals surface area contributed by atoms with Crippen LogP contribution in [0.2, 0.25) is 0 Å². The Bertz CT molecular complexity index is 1960. The number of sulfonamides is 1. The zero-order valence-electron chi connectivity index (χ0n) is 33.0. The van der Waals surface area contributed by atoms with Crippen LogP contribution in [0.25, 0.3) is 0 Å². The van der Waals surface area contributed by atoms with Crippen LogP contribution in [-0.2, 0) is 56.6 Å². The van der Waals surface area contributed by atoms with Gasteiger partial charge in [-0.3, -0.25) is 33.6 Å². The van der Waals surface area contributed by atoms with Crippen molar-refractivity contribution in [3.8, 4) is 0 Å². The third-order valence-corrected chi connectivity index (χ3v) is 13.5. The smallest absolute Gasteiger partial charge is 0.410 e. The predicted molar refractivity (Wildman–Crippen MR) is 205 cm³/mol. The summed E-state index contributed by atoms with van der Waals surface area (Å²) < 4.78 is 54.1. The number of likely N-dealkylation sites (N-methyl/N-ethyl adjacent to an activating group) is 1. The van der Waals surface area contributed by atoms with Gasteiger partial charge in [-0.25, -0.2) is 17.6 Å². The molecule has 1 saturated heterocycles. The molecule has 3 fully saturated rings. The van der Waals surface area contributed by atoms with Crippen molar-refractivity contribution in [2.45, 2.75) is 127 Å². The summed E-state index contributed by atoms with van der Waals surface area (Å²) in [6.07, 6.45) is 4.96. The number of halogens is 1. The van der Waals surface area contributed by atoms with E-state index in [9.17, 15) is 41.6 Å². The molecule has 1 aromatic carbocycles. The van der Waals surface area contributed by atoms with Gasteiger partial charge in [-0.2, -0.15) is 0 Å². The SMILES string of the molecule is C=CC(=O)N(C)C1CCC/C=C\C2C[C@@]2(C(=O)NS(=O)(=O)C2CC2)CC(=O)[C@@H]2CC(OC(=O)N3Cc4cccc(F)c4C3)CN2C(=O)[C@@H](CC(=O)OC(C)(C)C)C1. The summed E-state index contributed by atoms with van der Waals surface area (Å²) >= 11 is 0. The molecule has 0 bridgehead atoms. The molecule has 5 aliphatic rings. The molecule has 2 saturated carbocycles. The van der Waals surface area contributed by atoms with Gasteiger partial charge in [-0.05, 0) is 89.3 Å². The number of allylic oxidation sites excluding steroid dienone is 2. The van der Waals surface area contributed by atoms with Crippen molar-refractivity contribution in [1.29, 1.82) is 0 Å². The number of nitrogens with zero attached hydrogens (tertiary/aromatic N) is 3. The fourth-order valence-electron chi connectivity index (χ4n) is 8.35. The average Bonchev–Trinajstić information content (AvgIpc) is 4.02. The average molecular weight is 813 g/mol. The minimum atomic E-state index is -3.93. The number of carbonyl (C=O) groups is 6. The van der Waals surface area contributed by atoms with E-state index in [0.717, 1.165) is 0 Å². The van der Waals surface area contributed by atoms with Gasteiger partial charge in [0.05, 0.1) is 42.1 Å². The number of hydrogen-bond acceptors (Lipinski definition) is 10. The minimum Gasteiger partial charge on any atom is -0.460 e. The summed E-state index contributed by atoms with van der Waals surface area (Å²) in [6, 6.07) is 2.86. The van der Waals surface area contributed by atoms with Gasteiger partial charge in [0.25, 0.3) is 0 Å². The summed E-state index contributed by atoms with van der Waals surface area (Å²) in [5.74, 6) is -4.87. The number of hydrogen-bond donors (Lipinski definition) is 1. The number of rotatable bonds is 8. The van der Waals surface area contributed by atoms with Gasteiger partial charge in [0.15, 0.2) is 5.78 Å². The van der Waals surface area contributed by atoms with E-state index in [2.05, 4.69) is 11.3 Å². The van der Waals surface area contributed by atoms with Gasteiger partial charge in [0.2, 0.25) is 27.7 Å². The molecule has 310 valence electrons. The molecule has 1 N–H and O–H groups in total. The van der Waals surface area contributed by atoms with Gasteiger partial charge < -0.3 is 19.3 Å². The molecule has 3 unspecified atom stereocenters. The molecule has 6 rings (SSSR count). The Hall–Kier alpha value is -4.60. The zero-order chi connectivity index (χ0) is 41.4. The Kier molecular flexibility index (Phi) is 12.0. The first kappa shape index (κ1) is 42.0. The lowest BCUT2D eigenvalue weighted by Gasteiger charge is -2.33. The fourth-order valence-corrected chi connectivity index (χ4v) is 9.74. The third kappa shape index (κ3) is 9.58. The minimum absolute atomic E-state index is 0.0227. The molecule has 6 atom stereocenters. The lowest BCUT2D eigenvalue weighted by molar-refractivity contribution is -0.159. The highest BCUT2D eigenvalue weighted by atomic mass is 32.2. The van der Waals surface area contributed by atoms with Crippen molar-refractivity contribution in [2.75, 3.05) is 13.6 Å². The molecular weight excluding hydrogens is 760 g/mol. The monoisotopic (exact) mass is 812 g/mol. The van der Waals surface area contributed by atoms with Crippen LogP contribution in [0.3, 0.4) is 0 Å². The first-order valence-electron chi connectivity index (χ1n) is 19.7. The Morgan fingerprint density at radius 1 is 1.11 bits per heavy atom. The largest absolute Gasteiger partial charge is 0.460 e. The summed E-state index contributed by atoms with van der Waals surface area (Å²) in [7, 11) is -2.34. The molecular formula is C41H53FN4O10S. The number of amides is 4. The number of carbonyl (C=O) groups excluding carboxylic acids is 6. The van der Waals surface area contributed by atoms with Crippen LogP contribution in [0.15, 0.2) is 43.0 Å². The number of fused-ring (bicyclic) bond motifs is 3. The molecule has 57 heavy (non-hydrogen) atoms. The van der Waals surface area contributed by atoms with Gasteiger partial charge >= 0.3 is 12.1 Å². The Morgan fingerprint density at radius 2 is 1.84 bits per heavy atom.